The smallest absolute Gasteiger partial charge is 0.238 e. The molecule has 1 aliphatic rings. The SMILES string of the molecule is O=C(CN(CCO)Cc1ccccc1)Nc1cccc2c1N=S=N2. The normalized spacial score (nSPS) is 12.1. The first-order valence-corrected chi connectivity index (χ1v) is 8.37. The molecule has 0 bridgehead atoms. The lowest BCUT2D eigenvalue weighted by atomic mass is 10.2. The number of benzene rings is 2. The van der Waals surface area contributed by atoms with E-state index >= 15 is 0 Å². The molecule has 0 saturated carbocycles. The lowest BCUT2D eigenvalue weighted by molar-refractivity contribution is -0.117. The van der Waals surface area contributed by atoms with Gasteiger partial charge in [-0.05, 0) is 17.7 Å². The quantitative estimate of drug-likeness (QED) is 0.693. The van der Waals surface area contributed by atoms with Crippen molar-refractivity contribution in [1.82, 2.24) is 4.90 Å². The summed E-state index contributed by atoms with van der Waals surface area (Å²) in [6.07, 6.45) is 0. The lowest BCUT2D eigenvalue weighted by Crippen LogP contribution is -2.34. The van der Waals surface area contributed by atoms with E-state index in [0.717, 1.165) is 22.6 Å². The molecular formula is C17H18N4O2S. The molecule has 124 valence electrons. The van der Waals surface area contributed by atoms with Crippen LogP contribution in [0.1, 0.15) is 5.56 Å². The summed E-state index contributed by atoms with van der Waals surface area (Å²) in [5.41, 5.74) is 3.24. The second-order valence-corrected chi connectivity index (χ2v) is 5.93. The van der Waals surface area contributed by atoms with Gasteiger partial charge in [-0.1, -0.05) is 36.4 Å². The molecule has 1 amide bonds. The molecule has 1 heterocycles. The van der Waals surface area contributed by atoms with Gasteiger partial charge in [-0.3, -0.25) is 9.69 Å². The van der Waals surface area contributed by atoms with Gasteiger partial charge < -0.3 is 10.4 Å². The van der Waals surface area contributed by atoms with Crippen LogP contribution in [0.15, 0.2) is 57.3 Å². The molecule has 0 saturated heterocycles. The summed E-state index contributed by atoms with van der Waals surface area (Å²) in [5, 5.41) is 12.1. The number of rotatable bonds is 7. The first-order valence-electron chi connectivity index (χ1n) is 7.64. The summed E-state index contributed by atoms with van der Waals surface area (Å²) in [5.74, 6) is -0.139. The van der Waals surface area contributed by atoms with Gasteiger partial charge in [0.25, 0.3) is 0 Å². The van der Waals surface area contributed by atoms with E-state index < -0.39 is 0 Å². The number of aliphatic hydroxyl groups excluding tert-OH is 1. The summed E-state index contributed by atoms with van der Waals surface area (Å²) in [6, 6.07) is 15.4. The third-order valence-corrected chi connectivity index (χ3v) is 4.14. The first-order chi connectivity index (χ1) is 11.8. The Morgan fingerprint density at radius 2 is 1.96 bits per heavy atom. The number of fused-ring (bicyclic) bond motifs is 1. The molecule has 1 aliphatic heterocycles. The predicted molar refractivity (Wildman–Crippen MR) is 95.4 cm³/mol. The van der Waals surface area contributed by atoms with Crippen LogP contribution >= 0.6 is 0 Å². The van der Waals surface area contributed by atoms with Crippen LogP contribution < -0.4 is 5.32 Å². The zero-order valence-electron chi connectivity index (χ0n) is 13.1. The molecule has 0 fully saturated rings. The van der Waals surface area contributed by atoms with Gasteiger partial charge >= 0.3 is 0 Å². The second kappa shape index (κ2) is 7.96. The minimum absolute atomic E-state index is 0.00566. The maximum absolute atomic E-state index is 12.4. The van der Waals surface area contributed by atoms with E-state index in [1.807, 2.05) is 53.4 Å². The van der Waals surface area contributed by atoms with Crippen molar-refractivity contribution >= 4 is 34.3 Å². The van der Waals surface area contributed by atoms with Crippen molar-refractivity contribution in [2.24, 2.45) is 8.73 Å². The van der Waals surface area contributed by atoms with Gasteiger partial charge in [-0.25, -0.2) is 0 Å². The number of hydrogen-bond acceptors (Lipinski definition) is 5. The zero-order valence-corrected chi connectivity index (χ0v) is 13.9. The fourth-order valence-corrected chi connectivity index (χ4v) is 3.05. The van der Waals surface area contributed by atoms with E-state index in [1.54, 1.807) is 0 Å². The maximum Gasteiger partial charge on any atom is 0.238 e. The highest BCUT2D eigenvalue weighted by molar-refractivity contribution is 7.58. The summed E-state index contributed by atoms with van der Waals surface area (Å²) >= 11 is 1.12. The summed E-state index contributed by atoms with van der Waals surface area (Å²) in [6.45, 7) is 1.25. The third kappa shape index (κ3) is 4.14. The highest BCUT2D eigenvalue weighted by Crippen LogP contribution is 2.38. The van der Waals surface area contributed by atoms with Crippen LogP contribution in [0.2, 0.25) is 0 Å². The van der Waals surface area contributed by atoms with E-state index in [2.05, 4.69) is 14.0 Å². The van der Waals surface area contributed by atoms with Crippen LogP contribution in [-0.2, 0) is 22.7 Å². The molecule has 0 atom stereocenters. The molecule has 6 nitrogen and oxygen atoms in total. The minimum atomic E-state index is -0.139. The third-order valence-electron chi connectivity index (χ3n) is 3.59. The van der Waals surface area contributed by atoms with Gasteiger partial charge in [0.1, 0.15) is 11.4 Å². The van der Waals surface area contributed by atoms with Crippen molar-refractivity contribution < 1.29 is 9.90 Å². The van der Waals surface area contributed by atoms with Crippen LogP contribution in [-0.4, -0.2) is 35.6 Å². The molecule has 0 radical (unpaired) electrons. The van der Waals surface area contributed by atoms with Gasteiger partial charge in [-0.15, -0.1) is 0 Å². The van der Waals surface area contributed by atoms with Crippen molar-refractivity contribution in [3.8, 4) is 0 Å². The first kappa shape index (κ1) is 16.5. The van der Waals surface area contributed by atoms with Gasteiger partial charge in [0.2, 0.25) is 5.91 Å². The molecule has 0 aliphatic carbocycles. The van der Waals surface area contributed by atoms with Crippen molar-refractivity contribution in [2.45, 2.75) is 6.54 Å². The number of nitrogens with zero attached hydrogens (tertiary/aromatic N) is 3. The van der Waals surface area contributed by atoms with E-state index in [-0.39, 0.29) is 19.1 Å². The second-order valence-electron chi connectivity index (χ2n) is 5.41. The Kier molecular flexibility index (Phi) is 5.47. The summed E-state index contributed by atoms with van der Waals surface area (Å²) in [4.78, 5) is 14.3. The van der Waals surface area contributed by atoms with Crippen molar-refractivity contribution in [3.05, 3.63) is 54.1 Å². The van der Waals surface area contributed by atoms with E-state index in [9.17, 15) is 9.90 Å². The number of carbonyl (C=O) groups is 1. The van der Waals surface area contributed by atoms with E-state index in [0.29, 0.717) is 24.5 Å². The highest BCUT2D eigenvalue weighted by Gasteiger charge is 2.15. The number of amides is 1. The standard InChI is InChI=1S/C17H18N4O2S/c22-10-9-21(11-13-5-2-1-3-6-13)12-16(23)18-14-7-4-8-15-17(14)20-24-19-15/h1-8,22H,9-12H2,(H,18,23). The fourth-order valence-electron chi connectivity index (χ4n) is 2.50. The van der Waals surface area contributed by atoms with Crippen LogP contribution in [0.5, 0.6) is 0 Å². The lowest BCUT2D eigenvalue weighted by Gasteiger charge is -2.21. The Labute approximate surface area is 144 Å². The summed E-state index contributed by atoms with van der Waals surface area (Å²) < 4.78 is 8.39. The average Bonchev–Trinajstić information content (AvgIpc) is 3.06. The molecule has 7 heteroatoms. The largest absolute Gasteiger partial charge is 0.395 e. The Morgan fingerprint density at radius 3 is 2.75 bits per heavy atom. The van der Waals surface area contributed by atoms with Crippen LogP contribution in [0.4, 0.5) is 17.1 Å². The maximum atomic E-state index is 12.4. The monoisotopic (exact) mass is 342 g/mol. The van der Waals surface area contributed by atoms with Gasteiger partial charge in [0.05, 0.1) is 30.2 Å². The van der Waals surface area contributed by atoms with Crippen LogP contribution in [0.3, 0.4) is 0 Å². The summed E-state index contributed by atoms with van der Waals surface area (Å²) in [7, 11) is 0. The molecule has 2 aromatic rings. The highest BCUT2D eigenvalue weighted by atomic mass is 32.1. The molecule has 3 rings (SSSR count). The topological polar surface area (TPSA) is 77.3 Å². The molecule has 0 unspecified atom stereocenters. The molecule has 2 aromatic carbocycles. The average molecular weight is 342 g/mol. The Morgan fingerprint density at radius 1 is 1.12 bits per heavy atom. The number of anilines is 1. The van der Waals surface area contributed by atoms with Gasteiger partial charge in [0.15, 0.2) is 0 Å². The zero-order chi connectivity index (χ0) is 16.8. The Hall–Kier alpha value is -2.35. The molecular weight excluding hydrogens is 324 g/mol. The number of aliphatic hydroxyl groups is 1. The van der Waals surface area contributed by atoms with Crippen LogP contribution in [0, 0.1) is 0 Å². The van der Waals surface area contributed by atoms with E-state index in [1.165, 1.54) is 0 Å². The molecule has 24 heavy (non-hydrogen) atoms. The Bertz CT molecular complexity index is 788. The molecule has 0 aromatic heterocycles. The van der Waals surface area contributed by atoms with E-state index in [4.69, 9.17) is 0 Å². The van der Waals surface area contributed by atoms with Gasteiger partial charge in [0, 0.05) is 13.1 Å². The molecule has 0 spiro atoms. The fraction of sp³-hybridized carbons (Fsp3) is 0.235. The number of hydrogen-bond donors (Lipinski definition) is 2. The van der Waals surface area contributed by atoms with Gasteiger partial charge in [-0.2, -0.15) is 8.73 Å². The Balaban J connectivity index is 1.64. The van der Waals surface area contributed by atoms with Crippen molar-refractivity contribution in [2.75, 3.05) is 25.0 Å². The van der Waals surface area contributed by atoms with Crippen molar-refractivity contribution in [1.29, 1.82) is 0 Å². The number of carbonyl (C=O) groups excluding carboxylic acids is 1. The number of nitrogens with one attached hydrogen (secondary N) is 1. The minimum Gasteiger partial charge on any atom is -0.395 e. The molecule has 2 N–H and O–H groups in total. The van der Waals surface area contributed by atoms with Crippen molar-refractivity contribution in [3.63, 3.8) is 0 Å². The predicted octanol–water partition coefficient (Wildman–Crippen LogP) is 2.85. The van der Waals surface area contributed by atoms with Crippen LogP contribution in [0.25, 0.3) is 0 Å².